The van der Waals surface area contributed by atoms with E-state index in [1.807, 2.05) is 20.8 Å². The van der Waals surface area contributed by atoms with Crippen LogP contribution in [-0.4, -0.2) is 51.9 Å². The van der Waals surface area contributed by atoms with Crippen molar-refractivity contribution >= 4 is 39.8 Å². The van der Waals surface area contributed by atoms with Crippen molar-refractivity contribution < 1.29 is 27.5 Å². The van der Waals surface area contributed by atoms with Gasteiger partial charge in [-0.2, -0.15) is 0 Å². The van der Waals surface area contributed by atoms with Crippen LogP contribution in [0, 0.1) is 5.41 Å². The molecule has 1 aliphatic carbocycles. The summed E-state index contributed by atoms with van der Waals surface area (Å²) in [4.78, 5) is 24.6. The van der Waals surface area contributed by atoms with Gasteiger partial charge in [0.15, 0.2) is 9.84 Å². The number of methoxy groups -OCH3 is 1. The molecule has 8 nitrogen and oxygen atoms in total. The molecular formula is C18H27ClN2O6S. The van der Waals surface area contributed by atoms with Gasteiger partial charge in [-0.1, -0.05) is 13.8 Å². The molecule has 0 saturated heterocycles. The van der Waals surface area contributed by atoms with Crippen LogP contribution >= 0.6 is 12.4 Å². The highest BCUT2D eigenvalue weighted by atomic mass is 35.5. The van der Waals surface area contributed by atoms with Gasteiger partial charge in [-0.15, -0.1) is 12.4 Å². The largest absolute Gasteiger partial charge is 0.465 e. The number of rotatable bonds is 6. The number of nitrogens with two attached hydrogens (primary N) is 1. The van der Waals surface area contributed by atoms with E-state index in [2.05, 4.69) is 10.1 Å². The summed E-state index contributed by atoms with van der Waals surface area (Å²) in [5.74, 6) is -1.18. The fourth-order valence-corrected chi connectivity index (χ4v) is 3.87. The number of hydrogen-bond donors (Lipinski definition) is 2. The van der Waals surface area contributed by atoms with Gasteiger partial charge in [0.1, 0.15) is 5.54 Å². The summed E-state index contributed by atoms with van der Waals surface area (Å²) in [7, 11) is -2.41. The number of sulfone groups is 1. The molecule has 1 aromatic rings. The predicted molar refractivity (Wildman–Crippen MR) is 107 cm³/mol. The average Bonchev–Trinajstić information content (AvgIpc) is 2.59. The van der Waals surface area contributed by atoms with E-state index in [0.717, 1.165) is 6.26 Å². The van der Waals surface area contributed by atoms with Crippen molar-refractivity contribution in [3.05, 3.63) is 23.8 Å². The third-order valence-electron chi connectivity index (χ3n) is 5.25. The van der Waals surface area contributed by atoms with Gasteiger partial charge in [0.25, 0.3) is 0 Å². The minimum atomic E-state index is -3.60. The van der Waals surface area contributed by atoms with Crippen molar-refractivity contribution in [3.8, 4) is 0 Å². The van der Waals surface area contributed by atoms with Gasteiger partial charge in [0.2, 0.25) is 5.91 Å². The van der Waals surface area contributed by atoms with E-state index >= 15 is 0 Å². The van der Waals surface area contributed by atoms with Gasteiger partial charge in [0.05, 0.1) is 23.7 Å². The standard InChI is InChI=1S/C18H26N2O6S.ClH/c1-6-26-14-10-18(19,17(14,2)3)16(22)20-12-7-11(15(21)25-4)8-13(9-12)27(5,23)24;/h7-9,14H,6,10,19H2,1-5H3,(H,20,22);1H. The molecule has 2 atom stereocenters. The monoisotopic (exact) mass is 434 g/mol. The highest BCUT2D eigenvalue weighted by Crippen LogP contribution is 2.50. The summed E-state index contributed by atoms with van der Waals surface area (Å²) >= 11 is 0. The van der Waals surface area contributed by atoms with Gasteiger partial charge >= 0.3 is 5.97 Å². The lowest BCUT2D eigenvalue weighted by atomic mass is 9.54. The number of carbonyl (C=O) groups excluding carboxylic acids is 2. The molecule has 158 valence electrons. The Kier molecular flexibility index (Phi) is 7.27. The smallest absolute Gasteiger partial charge is 0.337 e. The summed E-state index contributed by atoms with van der Waals surface area (Å²) in [6.07, 6.45) is 1.21. The lowest BCUT2D eigenvalue weighted by molar-refractivity contribution is -0.166. The molecule has 1 amide bonds. The SMILES string of the molecule is CCOC1CC(N)(C(=O)Nc2cc(C(=O)OC)cc(S(C)(=O)=O)c2)C1(C)C.Cl. The molecule has 0 radical (unpaired) electrons. The van der Waals surface area contributed by atoms with E-state index in [0.29, 0.717) is 13.0 Å². The summed E-state index contributed by atoms with van der Waals surface area (Å²) in [6.45, 7) is 6.09. The number of esters is 1. The van der Waals surface area contributed by atoms with Crippen LogP contribution in [0.1, 0.15) is 37.6 Å². The zero-order valence-electron chi connectivity index (χ0n) is 16.6. The number of amides is 1. The van der Waals surface area contributed by atoms with Crippen molar-refractivity contribution in [3.63, 3.8) is 0 Å². The third kappa shape index (κ3) is 4.32. The van der Waals surface area contributed by atoms with Crippen molar-refractivity contribution in [1.82, 2.24) is 0 Å². The first-order chi connectivity index (χ1) is 12.4. The molecular weight excluding hydrogens is 408 g/mol. The zero-order valence-corrected chi connectivity index (χ0v) is 18.2. The van der Waals surface area contributed by atoms with Crippen molar-refractivity contribution in [2.24, 2.45) is 11.1 Å². The van der Waals surface area contributed by atoms with Crippen LogP contribution in [0.25, 0.3) is 0 Å². The zero-order chi connectivity index (χ0) is 20.6. The summed E-state index contributed by atoms with van der Waals surface area (Å²) < 4.78 is 34.1. The number of halogens is 1. The molecule has 28 heavy (non-hydrogen) atoms. The maximum absolute atomic E-state index is 12.8. The number of benzene rings is 1. The molecule has 1 fully saturated rings. The molecule has 10 heteroatoms. The van der Waals surface area contributed by atoms with E-state index in [-0.39, 0.29) is 34.7 Å². The van der Waals surface area contributed by atoms with E-state index in [9.17, 15) is 18.0 Å². The summed E-state index contributed by atoms with van der Waals surface area (Å²) in [5, 5.41) is 2.64. The maximum Gasteiger partial charge on any atom is 0.337 e. The first-order valence-electron chi connectivity index (χ1n) is 8.52. The second-order valence-electron chi connectivity index (χ2n) is 7.31. The second kappa shape index (κ2) is 8.36. The van der Waals surface area contributed by atoms with Crippen molar-refractivity contribution in [2.45, 2.75) is 43.7 Å². The lowest BCUT2D eigenvalue weighted by Gasteiger charge is -2.57. The Hall–Kier alpha value is -1.68. The number of nitrogens with one attached hydrogen (secondary N) is 1. The topological polar surface area (TPSA) is 125 Å². The first kappa shape index (κ1) is 24.4. The molecule has 0 heterocycles. The minimum Gasteiger partial charge on any atom is -0.465 e. The average molecular weight is 435 g/mol. The molecule has 2 unspecified atom stereocenters. The van der Waals surface area contributed by atoms with Gasteiger partial charge in [0, 0.05) is 30.4 Å². The van der Waals surface area contributed by atoms with E-state index in [1.165, 1.54) is 25.3 Å². The molecule has 0 spiro atoms. The van der Waals surface area contributed by atoms with Gasteiger partial charge < -0.3 is 20.5 Å². The molecule has 1 aliphatic rings. The van der Waals surface area contributed by atoms with Crippen LogP contribution in [-0.2, 0) is 24.1 Å². The highest BCUT2D eigenvalue weighted by molar-refractivity contribution is 7.90. The van der Waals surface area contributed by atoms with E-state index < -0.39 is 32.7 Å². The van der Waals surface area contributed by atoms with Crippen molar-refractivity contribution in [1.29, 1.82) is 0 Å². The van der Waals surface area contributed by atoms with Crippen molar-refractivity contribution in [2.75, 3.05) is 25.3 Å². The summed E-state index contributed by atoms with van der Waals surface area (Å²) in [6, 6.07) is 3.84. The minimum absolute atomic E-state index is 0. The third-order valence-corrected chi connectivity index (χ3v) is 6.34. The normalized spacial score (nSPS) is 23.1. The molecule has 3 N–H and O–H groups in total. The Morgan fingerprint density at radius 1 is 1.29 bits per heavy atom. The first-order valence-corrected chi connectivity index (χ1v) is 10.4. The fraction of sp³-hybridized carbons (Fsp3) is 0.556. The van der Waals surface area contributed by atoms with Crippen LogP contribution in [0.2, 0.25) is 0 Å². The summed E-state index contributed by atoms with van der Waals surface area (Å²) in [5.41, 5.74) is 4.72. The van der Waals surface area contributed by atoms with Gasteiger partial charge in [-0.25, -0.2) is 13.2 Å². The molecule has 2 rings (SSSR count). The van der Waals surface area contributed by atoms with Gasteiger partial charge in [-0.3, -0.25) is 4.79 Å². The molecule has 0 bridgehead atoms. The lowest BCUT2D eigenvalue weighted by Crippen LogP contribution is -2.74. The Balaban J connectivity index is 0.00000392. The Bertz CT molecular complexity index is 871. The van der Waals surface area contributed by atoms with E-state index in [4.69, 9.17) is 10.5 Å². The number of carbonyl (C=O) groups is 2. The molecule has 1 saturated carbocycles. The van der Waals surface area contributed by atoms with Crippen LogP contribution in [0.15, 0.2) is 23.1 Å². The Labute approximate surface area is 171 Å². The van der Waals surface area contributed by atoms with Crippen LogP contribution in [0.3, 0.4) is 0 Å². The molecule has 0 aliphatic heterocycles. The Morgan fingerprint density at radius 2 is 1.89 bits per heavy atom. The quantitative estimate of drug-likeness (QED) is 0.653. The number of anilines is 1. The van der Waals surface area contributed by atoms with E-state index in [1.54, 1.807) is 0 Å². The van der Waals surface area contributed by atoms with Crippen LogP contribution < -0.4 is 11.1 Å². The number of ether oxygens (including phenoxy) is 2. The fourth-order valence-electron chi connectivity index (χ4n) is 3.18. The molecule has 1 aromatic carbocycles. The highest BCUT2D eigenvalue weighted by Gasteiger charge is 2.62. The predicted octanol–water partition coefficient (Wildman–Crippen LogP) is 1.77. The maximum atomic E-state index is 12.8. The Morgan fingerprint density at radius 3 is 2.36 bits per heavy atom. The molecule has 0 aromatic heterocycles. The van der Waals surface area contributed by atoms with Crippen LogP contribution in [0.4, 0.5) is 5.69 Å². The van der Waals surface area contributed by atoms with Crippen LogP contribution in [0.5, 0.6) is 0 Å². The van der Waals surface area contributed by atoms with Gasteiger partial charge in [-0.05, 0) is 25.1 Å². The number of hydrogen-bond acceptors (Lipinski definition) is 7. The second-order valence-corrected chi connectivity index (χ2v) is 9.32.